The summed E-state index contributed by atoms with van der Waals surface area (Å²) in [5.74, 6) is -2.79. The van der Waals surface area contributed by atoms with Gasteiger partial charge in [0.05, 0.1) is 13.2 Å². The highest BCUT2D eigenvalue weighted by Crippen LogP contribution is 2.43. The van der Waals surface area contributed by atoms with Gasteiger partial charge in [-0.3, -0.25) is 14.4 Å². The molecule has 2 amide bonds. The summed E-state index contributed by atoms with van der Waals surface area (Å²) in [6, 6.07) is 3.00. The number of benzene rings is 1. The molecule has 0 radical (unpaired) electrons. The van der Waals surface area contributed by atoms with Gasteiger partial charge in [0.2, 0.25) is 5.43 Å². The molecule has 1 aromatic carbocycles. The van der Waals surface area contributed by atoms with Gasteiger partial charge in [0.1, 0.15) is 17.2 Å². The summed E-state index contributed by atoms with van der Waals surface area (Å²) in [6.07, 6.45) is 0.677. The first-order valence-corrected chi connectivity index (χ1v) is 10.2. The molecule has 2 aromatic rings. The average molecular weight is 431 g/mol. The van der Waals surface area contributed by atoms with Crippen LogP contribution in [0.2, 0.25) is 0 Å². The Kier molecular flexibility index (Phi) is 5.28. The van der Waals surface area contributed by atoms with Crippen molar-refractivity contribution in [1.29, 1.82) is 0 Å². The molecule has 0 spiro atoms. The molecule has 0 saturated heterocycles. The summed E-state index contributed by atoms with van der Waals surface area (Å²) in [6.45, 7) is 4.56. The highest BCUT2D eigenvalue weighted by molar-refractivity contribution is 6.00. The molecule has 164 valence electrons. The third-order valence-corrected chi connectivity index (χ3v) is 6.05. The average Bonchev–Trinajstić information content (AvgIpc) is 3.05. The molecule has 1 aromatic heterocycles. The summed E-state index contributed by atoms with van der Waals surface area (Å²) in [5, 5.41) is 2.55. The van der Waals surface area contributed by atoms with Gasteiger partial charge in [-0.25, -0.2) is 8.78 Å². The Hall–Kier alpha value is -3.23. The van der Waals surface area contributed by atoms with Crippen LogP contribution in [0.4, 0.5) is 8.78 Å². The fourth-order valence-electron chi connectivity index (χ4n) is 4.63. The van der Waals surface area contributed by atoms with Gasteiger partial charge in [-0.05, 0) is 25.3 Å². The Labute approximate surface area is 177 Å². The fraction of sp³-hybridized carbons (Fsp3) is 0.409. The number of halogens is 2. The lowest BCUT2D eigenvalue weighted by Crippen LogP contribution is -2.44. The molecule has 4 rings (SSSR count). The van der Waals surface area contributed by atoms with E-state index in [0.717, 1.165) is 12.1 Å². The third kappa shape index (κ3) is 3.28. The van der Waals surface area contributed by atoms with Crippen LogP contribution < -0.4 is 15.5 Å². The maximum Gasteiger partial charge on any atom is 0.274 e. The lowest BCUT2D eigenvalue weighted by Gasteiger charge is -2.34. The zero-order chi connectivity index (χ0) is 22.4. The third-order valence-electron chi connectivity index (χ3n) is 6.05. The minimum absolute atomic E-state index is 0.0618. The standard InChI is InChI=1S/C22H23F2N3O4/c1-4-26-10-14-7-11(2)17-16(19(28)20(31-3)18(22(26)30)27(14)17)21(29)25-9-12-5-6-13(23)8-15(12)24/h5-6,8,11,14H,4,7,9-10H2,1-3H3,(H,25,29)/t11?,14-/m0/s1. The van der Waals surface area contributed by atoms with Gasteiger partial charge >= 0.3 is 0 Å². The molecule has 0 bridgehead atoms. The van der Waals surface area contributed by atoms with Crippen LogP contribution in [-0.4, -0.2) is 41.5 Å². The Morgan fingerprint density at radius 2 is 2.03 bits per heavy atom. The molecule has 1 unspecified atom stereocenters. The second-order valence-corrected chi connectivity index (χ2v) is 7.89. The van der Waals surface area contributed by atoms with E-state index in [1.54, 1.807) is 9.47 Å². The van der Waals surface area contributed by atoms with Crippen LogP contribution in [0.5, 0.6) is 5.75 Å². The van der Waals surface area contributed by atoms with E-state index in [9.17, 15) is 23.2 Å². The van der Waals surface area contributed by atoms with E-state index < -0.39 is 23.0 Å². The van der Waals surface area contributed by atoms with Crippen molar-refractivity contribution in [2.75, 3.05) is 20.2 Å². The van der Waals surface area contributed by atoms with Crippen molar-refractivity contribution in [1.82, 2.24) is 14.8 Å². The summed E-state index contributed by atoms with van der Waals surface area (Å²) < 4.78 is 34.1. The first-order chi connectivity index (χ1) is 14.8. The highest BCUT2D eigenvalue weighted by Gasteiger charge is 2.43. The molecule has 2 aliphatic heterocycles. The normalized spacial score (nSPS) is 19.4. The number of pyridine rings is 1. The predicted octanol–water partition coefficient (Wildman–Crippen LogP) is 2.59. The van der Waals surface area contributed by atoms with Crippen LogP contribution in [0.1, 0.15) is 64.3 Å². The molecular formula is C22H23F2N3O4. The number of nitrogens with one attached hydrogen (secondary N) is 1. The SMILES string of the molecule is CCN1C[C@@H]2CC(C)c3c(C(=O)NCc4ccc(F)cc4F)c(=O)c(OC)c(n32)C1=O. The predicted molar refractivity (Wildman–Crippen MR) is 108 cm³/mol. The zero-order valence-corrected chi connectivity index (χ0v) is 17.5. The number of aromatic nitrogens is 1. The smallest absolute Gasteiger partial charge is 0.274 e. The topological polar surface area (TPSA) is 80.6 Å². The summed E-state index contributed by atoms with van der Waals surface area (Å²) in [4.78, 5) is 40.9. The number of hydrogen-bond donors (Lipinski definition) is 1. The maximum atomic E-state index is 13.9. The highest BCUT2D eigenvalue weighted by atomic mass is 19.1. The number of hydrogen-bond acceptors (Lipinski definition) is 4. The first-order valence-electron chi connectivity index (χ1n) is 10.2. The first kappa shape index (κ1) is 21.0. The molecule has 0 fully saturated rings. The molecule has 3 heterocycles. The van der Waals surface area contributed by atoms with E-state index in [4.69, 9.17) is 4.74 Å². The lowest BCUT2D eigenvalue weighted by molar-refractivity contribution is 0.0675. The van der Waals surface area contributed by atoms with Crippen LogP contribution in [-0.2, 0) is 6.54 Å². The summed E-state index contributed by atoms with van der Waals surface area (Å²) in [5.41, 5.74) is -0.00977. The molecule has 1 N–H and O–H groups in total. The Morgan fingerprint density at radius 1 is 1.29 bits per heavy atom. The number of ether oxygens (including phenoxy) is 1. The van der Waals surface area contributed by atoms with E-state index in [-0.39, 0.29) is 47.0 Å². The van der Waals surface area contributed by atoms with Crippen molar-refractivity contribution in [2.45, 2.75) is 38.8 Å². The van der Waals surface area contributed by atoms with Gasteiger partial charge in [-0.1, -0.05) is 13.0 Å². The van der Waals surface area contributed by atoms with E-state index in [0.29, 0.717) is 25.2 Å². The van der Waals surface area contributed by atoms with Gasteiger partial charge in [-0.2, -0.15) is 0 Å². The number of amides is 2. The van der Waals surface area contributed by atoms with E-state index in [1.807, 2.05) is 13.8 Å². The van der Waals surface area contributed by atoms with Gasteiger partial charge in [0.25, 0.3) is 11.8 Å². The van der Waals surface area contributed by atoms with E-state index >= 15 is 0 Å². The second kappa shape index (κ2) is 7.79. The van der Waals surface area contributed by atoms with Crippen molar-refractivity contribution in [3.05, 3.63) is 62.6 Å². The van der Waals surface area contributed by atoms with Crippen molar-refractivity contribution >= 4 is 11.8 Å². The van der Waals surface area contributed by atoms with E-state index in [2.05, 4.69) is 5.32 Å². The molecule has 0 aliphatic carbocycles. The number of likely N-dealkylation sites (N-methyl/N-ethyl adjacent to an activating group) is 1. The lowest BCUT2D eigenvalue weighted by atomic mass is 9.99. The van der Waals surface area contributed by atoms with Crippen LogP contribution in [0.15, 0.2) is 23.0 Å². The Bertz CT molecular complexity index is 1140. The van der Waals surface area contributed by atoms with Gasteiger partial charge in [-0.15, -0.1) is 0 Å². The number of nitrogens with zero attached hydrogens (tertiary/aromatic N) is 2. The molecule has 31 heavy (non-hydrogen) atoms. The minimum Gasteiger partial charge on any atom is -0.491 e. The van der Waals surface area contributed by atoms with Gasteiger partial charge in [0, 0.05) is 37.0 Å². The molecule has 2 aliphatic rings. The van der Waals surface area contributed by atoms with Gasteiger partial charge < -0.3 is 19.5 Å². The van der Waals surface area contributed by atoms with Crippen LogP contribution >= 0.6 is 0 Å². The molecule has 2 atom stereocenters. The zero-order valence-electron chi connectivity index (χ0n) is 17.5. The Morgan fingerprint density at radius 3 is 2.68 bits per heavy atom. The Balaban J connectivity index is 1.78. The summed E-state index contributed by atoms with van der Waals surface area (Å²) >= 11 is 0. The fourth-order valence-corrected chi connectivity index (χ4v) is 4.63. The number of rotatable bonds is 5. The maximum absolute atomic E-state index is 13.9. The molecule has 7 nitrogen and oxygen atoms in total. The number of carbonyl (C=O) groups excluding carboxylic acids is 2. The van der Waals surface area contributed by atoms with Crippen molar-refractivity contribution in [3.63, 3.8) is 0 Å². The van der Waals surface area contributed by atoms with Crippen molar-refractivity contribution < 1.29 is 23.1 Å². The summed E-state index contributed by atoms with van der Waals surface area (Å²) in [7, 11) is 1.29. The monoisotopic (exact) mass is 431 g/mol. The van der Waals surface area contributed by atoms with Crippen LogP contribution in [0.25, 0.3) is 0 Å². The van der Waals surface area contributed by atoms with Gasteiger partial charge in [0.15, 0.2) is 11.4 Å². The van der Waals surface area contributed by atoms with Crippen LogP contribution in [0, 0.1) is 11.6 Å². The van der Waals surface area contributed by atoms with Crippen LogP contribution in [0.3, 0.4) is 0 Å². The molecule has 9 heteroatoms. The second-order valence-electron chi connectivity index (χ2n) is 7.89. The van der Waals surface area contributed by atoms with E-state index in [1.165, 1.54) is 13.2 Å². The largest absolute Gasteiger partial charge is 0.491 e. The number of methoxy groups -OCH3 is 1. The van der Waals surface area contributed by atoms with Crippen molar-refractivity contribution in [3.8, 4) is 5.75 Å². The molecule has 0 saturated carbocycles. The number of carbonyl (C=O) groups is 2. The minimum atomic E-state index is -0.789. The quantitative estimate of drug-likeness (QED) is 0.789. The van der Waals surface area contributed by atoms with Crippen molar-refractivity contribution in [2.24, 2.45) is 0 Å². The molecular weight excluding hydrogens is 408 g/mol.